The van der Waals surface area contributed by atoms with E-state index in [-0.39, 0.29) is 11.8 Å². The Morgan fingerprint density at radius 3 is 2.18 bits per heavy atom. The van der Waals surface area contributed by atoms with Crippen molar-refractivity contribution in [1.82, 2.24) is 20.4 Å². The molecule has 2 saturated heterocycles. The van der Waals surface area contributed by atoms with Crippen LogP contribution < -0.4 is 15.1 Å². The monoisotopic (exact) mass is 390 g/mol. The highest BCUT2D eigenvalue weighted by molar-refractivity contribution is 5.78. The van der Waals surface area contributed by atoms with Gasteiger partial charge in [-0.05, 0) is 38.1 Å². The summed E-state index contributed by atoms with van der Waals surface area (Å²) >= 11 is 0. The molecular formula is C20H34N6O2. The number of rotatable bonds is 8. The van der Waals surface area contributed by atoms with Crippen LogP contribution >= 0.6 is 0 Å². The topological polar surface area (TPSA) is 73.8 Å². The second kappa shape index (κ2) is 10.6. The van der Waals surface area contributed by atoms with Gasteiger partial charge >= 0.3 is 0 Å². The van der Waals surface area contributed by atoms with Crippen LogP contribution in [0, 0.1) is 5.92 Å². The number of morpholine rings is 1. The standard InChI is InChI=1S/C20H34N6O2/c1-3-24(4-2)12-9-21-20(27)17-7-10-25(11-8-17)18-5-6-19(23-22-18)26-13-15-28-16-14-26/h5-6,17H,3-4,7-16H2,1-2H3,(H,21,27). The third-order valence-electron chi connectivity index (χ3n) is 5.78. The molecule has 1 N–H and O–H groups in total. The van der Waals surface area contributed by atoms with Crippen LogP contribution in [0.2, 0.25) is 0 Å². The summed E-state index contributed by atoms with van der Waals surface area (Å²) in [6.45, 7) is 12.9. The molecular weight excluding hydrogens is 356 g/mol. The number of anilines is 2. The number of nitrogens with zero attached hydrogens (tertiary/aromatic N) is 5. The van der Waals surface area contributed by atoms with E-state index in [2.05, 4.69) is 44.1 Å². The Kier molecular flexibility index (Phi) is 7.85. The molecule has 1 amide bonds. The molecule has 28 heavy (non-hydrogen) atoms. The third-order valence-corrected chi connectivity index (χ3v) is 5.78. The first kappa shape index (κ1) is 20.8. The van der Waals surface area contributed by atoms with Gasteiger partial charge in [0, 0.05) is 45.2 Å². The number of ether oxygens (including phenoxy) is 1. The molecule has 2 aliphatic rings. The summed E-state index contributed by atoms with van der Waals surface area (Å²) < 4.78 is 5.38. The van der Waals surface area contributed by atoms with Crippen molar-refractivity contribution in [2.75, 3.05) is 75.4 Å². The van der Waals surface area contributed by atoms with Gasteiger partial charge in [-0.1, -0.05) is 13.8 Å². The predicted molar refractivity (Wildman–Crippen MR) is 111 cm³/mol. The van der Waals surface area contributed by atoms with Crippen molar-refractivity contribution in [3.63, 3.8) is 0 Å². The fourth-order valence-corrected chi connectivity index (χ4v) is 3.84. The van der Waals surface area contributed by atoms with Gasteiger partial charge in [0.15, 0.2) is 11.6 Å². The van der Waals surface area contributed by atoms with Crippen molar-refractivity contribution < 1.29 is 9.53 Å². The Morgan fingerprint density at radius 2 is 1.64 bits per heavy atom. The largest absolute Gasteiger partial charge is 0.378 e. The van der Waals surface area contributed by atoms with Gasteiger partial charge in [-0.15, -0.1) is 10.2 Å². The van der Waals surface area contributed by atoms with E-state index in [0.717, 1.165) is 90.0 Å². The lowest BCUT2D eigenvalue weighted by Crippen LogP contribution is -2.43. The molecule has 2 fully saturated rings. The van der Waals surface area contributed by atoms with E-state index < -0.39 is 0 Å². The number of carbonyl (C=O) groups is 1. The number of aromatic nitrogens is 2. The SMILES string of the molecule is CCN(CC)CCNC(=O)C1CCN(c2ccc(N3CCOCC3)nn2)CC1. The average Bonchev–Trinajstić information content (AvgIpc) is 2.77. The molecule has 1 aromatic rings. The van der Waals surface area contributed by atoms with E-state index in [9.17, 15) is 4.79 Å². The maximum Gasteiger partial charge on any atom is 0.223 e. The van der Waals surface area contributed by atoms with Crippen molar-refractivity contribution in [2.45, 2.75) is 26.7 Å². The van der Waals surface area contributed by atoms with Gasteiger partial charge in [0.05, 0.1) is 13.2 Å². The van der Waals surface area contributed by atoms with Gasteiger partial charge in [0.25, 0.3) is 0 Å². The van der Waals surface area contributed by atoms with Crippen LogP contribution in [0.4, 0.5) is 11.6 Å². The molecule has 0 unspecified atom stereocenters. The molecule has 8 heteroatoms. The Labute approximate surface area is 168 Å². The molecule has 156 valence electrons. The number of hydrogen-bond acceptors (Lipinski definition) is 7. The minimum atomic E-state index is 0.105. The first-order chi connectivity index (χ1) is 13.7. The fraction of sp³-hybridized carbons (Fsp3) is 0.750. The van der Waals surface area contributed by atoms with Crippen LogP contribution in [0.25, 0.3) is 0 Å². The Bertz CT molecular complexity index is 593. The molecule has 0 spiro atoms. The van der Waals surface area contributed by atoms with E-state index in [1.807, 2.05) is 12.1 Å². The van der Waals surface area contributed by atoms with E-state index in [0.29, 0.717) is 0 Å². The zero-order valence-corrected chi connectivity index (χ0v) is 17.3. The number of hydrogen-bond donors (Lipinski definition) is 1. The van der Waals surface area contributed by atoms with Crippen molar-refractivity contribution >= 4 is 17.5 Å². The molecule has 8 nitrogen and oxygen atoms in total. The fourth-order valence-electron chi connectivity index (χ4n) is 3.84. The number of nitrogens with one attached hydrogen (secondary N) is 1. The Balaban J connectivity index is 1.42. The van der Waals surface area contributed by atoms with Crippen molar-refractivity contribution in [1.29, 1.82) is 0 Å². The lowest BCUT2D eigenvalue weighted by molar-refractivity contribution is -0.125. The zero-order chi connectivity index (χ0) is 19.8. The summed E-state index contributed by atoms with van der Waals surface area (Å²) in [5.74, 6) is 2.11. The molecule has 3 rings (SSSR count). The van der Waals surface area contributed by atoms with E-state index >= 15 is 0 Å². The van der Waals surface area contributed by atoms with Crippen LogP contribution in [-0.4, -0.2) is 86.6 Å². The van der Waals surface area contributed by atoms with Gasteiger partial charge in [0.2, 0.25) is 5.91 Å². The quantitative estimate of drug-likeness (QED) is 0.709. The van der Waals surface area contributed by atoms with Crippen LogP contribution in [0.3, 0.4) is 0 Å². The summed E-state index contributed by atoms with van der Waals surface area (Å²) in [5.41, 5.74) is 0. The number of piperidine rings is 1. The zero-order valence-electron chi connectivity index (χ0n) is 17.3. The average molecular weight is 391 g/mol. The van der Waals surface area contributed by atoms with Gasteiger partial charge < -0.3 is 24.8 Å². The normalized spacial score (nSPS) is 18.5. The van der Waals surface area contributed by atoms with Gasteiger partial charge in [-0.25, -0.2) is 0 Å². The summed E-state index contributed by atoms with van der Waals surface area (Å²) in [4.78, 5) is 19.2. The molecule has 0 saturated carbocycles. The summed E-state index contributed by atoms with van der Waals surface area (Å²) in [6, 6.07) is 4.09. The minimum absolute atomic E-state index is 0.105. The molecule has 0 aromatic carbocycles. The van der Waals surface area contributed by atoms with Crippen LogP contribution in [-0.2, 0) is 9.53 Å². The summed E-state index contributed by atoms with van der Waals surface area (Å²) in [6.07, 6.45) is 1.73. The van der Waals surface area contributed by atoms with Gasteiger partial charge in [0.1, 0.15) is 0 Å². The molecule has 0 aliphatic carbocycles. The lowest BCUT2D eigenvalue weighted by atomic mass is 9.96. The molecule has 1 aromatic heterocycles. The number of likely N-dealkylation sites (N-methyl/N-ethyl adjacent to an activating group) is 1. The lowest BCUT2D eigenvalue weighted by Gasteiger charge is -2.32. The molecule has 3 heterocycles. The number of amides is 1. The van der Waals surface area contributed by atoms with Crippen LogP contribution in [0.15, 0.2) is 12.1 Å². The third kappa shape index (κ3) is 5.54. The molecule has 2 aliphatic heterocycles. The van der Waals surface area contributed by atoms with Gasteiger partial charge in [-0.2, -0.15) is 0 Å². The first-order valence-electron chi connectivity index (χ1n) is 10.6. The molecule has 0 bridgehead atoms. The summed E-state index contributed by atoms with van der Waals surface area (Å²) in [7, 11) is 0. The van der Waals surface area contributed by atoms with Crippen molar-refractivity contribution in [2.24, 2.45) is 5.92 Å². The first-order valence-corrected chi connectivity index (χ1v) is 10.6. The Hall–Kier alpha value is -1.93. The molecule has 0 radical (unpaired) electrons. The van der Waals surface area contributed by atoms with Crippen LogP contribution in [0.1, 0.15) is 26.7 Å². The second-order valence-electron chi connectivity index (χ2n) is 7.43. The van der Waals surface area contributed by atoms with Gasteiger partial charge in [-0.3, -0.25) is 4.79 Å². The predicted octanol–water partition coefficient (Wildman–Crippen LogP) is 0.988. The smallest absolute Gasteiger partial charge is 0.223 e. The maximum absolute atomic E-state index is 12.4. The van der Waals surface area contributed by atoms with Crippen molar-refractivity contribution in [3.8, 4) is 0 Å². The van der Waals surface area contributed by atoms with Crippen molar-refractivity contribution in [3.05, 3.63) is 12.1 Å². The molecule has 0 atom stereocenters. The highest BCUT2D eigenvalue weighted by Gasteiger charge is 2.25. The van der Waals surface area contributed by atoms with E-state index in [1.165, 1.54) is 0 Å². The summed E-state index contributed by atoms with van der Waals surface area (Å²) in [5, 5.41) is 11.9. The Morgan fingerprint density at radius 1 is 1.07 bits per heavy atom. The van der Waals surface area contributed by atoms with E-state index in [1.54, 1.807) is 0 Å². The number of carbonyl (C=O) groups excluding carboxylic acids is 1. The maximum atomic E-state index is 12.4. The van der Waals surface area contributed by atoms with E-state index in [4.69, 9.17) is 4.74 Å². The highest BCUT2D eigenvalue weighted by Crippen LogP contribution is 2.23. The second-order valence-corrected chi connectivity index (χ2v) is 7.43. The van der Waals surface area contributed by atoms with Crippen LogP contribution in [0.5, 0.6) is 0 Å². The highest BCUT2D eigenvalue weighted by atomic mass is 16.5. The minimum Gasteiger partial charge on any atom is -0.378 e.